The standard InChI is InChI=1S/C13H14BrN3O3S/c1-20-13-5-2-9(7-16-13)8-17-21(18,19)12-4-3-10(15)6-11(12)14/h2-7,17H,8,15H2,1H3. The lowest BCUT2D eigenvalue weighted by molar-refractivity contribution is 0.397. The Morgan fingerprint density at radius 1 is 1.33 bits per heavy atom. The maximum absolute atomic E-state index is 12.2. The number of hydrogen-bond acceptors (Lipinski definition) is 5. The molecule has 1 heterocycles. The number of ether oxygens (including phenoxy) is 1. The van der Waals surface area contributed by atoms with Gasteiger partial charge in [-0.1, -0.05) is 6.07 Å². The van der Waals surface area contributed by atoms with Crippen LogP contribution in [0.3, 0.4) is 0 Å². The number of aromatic nitrogens is 1. The molecular weight excluding hydrogens is 358 g/mol. The minimum Gasteiger partial charge on any atom is -0.481 e. The van der Waals surface area contributed by atoms with Gasteiger partial charge in [-0.15, -0.1) is 0 Å². The van der Waals surface area contributed by atoms with Crippen molar-refractivity contribution in [2.75, 3.05) is 12.8 Å². The van der Waals surface area contributed by atoms with E-state index in [-0.39, 0.29) is 11.4 Å². The van der Waals surface area contributed by atoms with E-state index in [1.807, 2.05) is 0 Å². The van der Waals surface area contributed by atoms with Crippen LogP contribution in [0.25, 0.3) is 0 Å². The summed E-state index contributed by atoms with van der Waals surface area (Å²) < 4.78 is 32.3. The van der Waals surface area contributed by atoms with Crippen LogP contribution in [-0.4, -0.2) is 20.5 Å². The summed E-state index contributed by atoms with van der Waals surface area (Å²) in [7, 11) is -2.12. The summed E-state index contributed by atoms with van der Waals surface area (Å²) in [5.74, 6) is 0.475. The van der Waals surface area contributed by atoms with Crippen molar-refractivity contribution in [2.24, 2.45) is 0 Å². The number of nitrogens with two attached hydrogens (primary N) is 1. The van der Waals surface area contributed by atoms with Crippen molar-refractivity contribution in [3.05, 3.63) is 46.6 Å². The Morgan fingerprint density at radius 3 is 2.67 bits per heavy atom. The van der Waals surface area contributed by atoms with E-state index in [0.717, 1.165) is 5.56 Å². The van der Waals surface area contributed by atoms with Crippen molar-refractivity contribution in [1.29, 1.82) is 0 Å². The van der Waals surface area contributed by atoms with Gasteiger partial charge in [-0.2, -0.15) is 0 Å². The van der Waals surface area contributed by atoms with Crippen LogP contribution < -0.4 is 15.2 Å². The van der Waals surface area contributed by atoms with Gasteiger partial charge in [-0.25, -0.2) is 18.1 Å². The quantitative estimate of drug-likeness (QED) is 0.782. The Labute approximate surface area is 131 Å². The molecule has 0 radical (unpaired) electrons. The number of hydrogen-bond donors (Lipinski definition) is 2. The van der Waals surface area contributed by atoms with Crippen molar-refractivity contribution >= 4 is 31.6 Å². The van der Waals surface area contributed by atoms with Gasteiger partial charge in [0.1, 0.15) is 0 Å². The Hall–Kier alpha value is -1.64. The summed E-state index contributed by atoms with van der Waals surface area (Å²) in [5, 5.41) is 0. The Morgan fingerprint density at radius 2 is 2.10 bits per heavy atom. The van der Waals surface area contributed by atoms with Crippen LogP contribution in [0.4, 0.5) is 5.69 Å². The van der Waals surface area contributed by atoms with Gasteiger partial charge in [-0.05, 0) is 39.7 Å². The maximum atomic E-state index is 12.2. The average molecular weight is 372 g/mol. The second kappa shape index (κ2) is 6.42. The van der Waals surface area contributed by atoms with Crippen molar-refractivity contribution in [3.8, 4) is 5.88 Å². The third kappa shape index (κ3) is 3.93. The molecule has 0 atom stereocenters. The molecule has 21 heavy (non-hydrogen) atoms. The first-order valence-electron chi connectivity index (χ1n) is 5.96. The van der Waals surface area contributed by atoms with Gasteiger partial charge < -0.3 is 10.5 Å². The molecule has 0 bridgehead atoms. The molecule has 0 aliphatic heterocycles. The van der Waals surface area contributed by atoms with Gasteiger partial charge in [0.15, 0.2) is 0 Å². The fourth-order valence-electron chi connectivity index (χ4n) is 1.63. The third-order valence-corrected chi connectivity index (χ3v) is 5.10. The number of pyridine rings is 1. The largest absolute Gasteiger partial charge is 0.481 e. The van der Waals surface area contributed by atoms with Crippen LogP contribution in [0.1, 0.15) is 5.56 Å². The van der Waals surface area contributed by atoms with E-state index in [0.29, 0.717) is 16.0 Å². The molecule has 112 valence electrons. The molecule has 0 aliphatic carbocycles. The Bertz CT molecular complexity index is 733. The zero-order valence-electron chi connectivity index (χ0n) is 11.2. The molecule has 3 N–H and O–H groups in total. The molecular formula is C13H14BrN3O3S. The normalized spacial score (nSPS) is 11.3. The second-order valence-electron chi connectivity index (χ2n) is 4.22. The van der Waals surface area contributed by atoms with Crippen LogP contribution in [-0.2, 0) is 16.6 Å². The molecule has 0 spiro atoms. The van der Waals surface area contributed by atoms with Crippen molar-refractivity contribution in [3.63, 3.8) is 0 Å². The highest BCUT2D eigenvalue weighted by Crippen LogP contribution is 2.24. The van der Waals surface area contributed by atoms with Crippen LogP contribution >= 0.6 is 15.9 Å². The van der Waals surface area contributed by atoms with Crippen molar-refractivity contribution in [1.82, 2.24) is 9.71 Å². The van der Waals surface area contributed by atoms with E-state index in [9.17, 15) is 8.42 Å². The van der Waals surface area contributed by atoms with Crippen LogP contribution in [0.15, 0.2) is 45.9 Å². The fraction of sp³-hybridized carbons (Fsp3) is 0.154. The molecule has 1 aromatic heterocycles. The number of sulfonamides is 1. The number of methoxy groups -OCH3 is 1. The third-order valence-electron chi connectivity index (χ3n) is 2.72. The molecule has 2 aromatic rings. The van der Waals surface area contributed by atoms with E-state index >= 15 is 0 Å². The van der Waals surface area contributed by atoms with E-state index in [2.05, 4.69) is 25.6 Å². The number of anilines is 1. The monoisotopic (exact) mass is 371 g/mol. The van der Waals surface area contributed by atoms with Crippen molar-refractivity contribution in [2.45, 2.75) is 11.4 Å². The summed E-state index contributed by atoms with van der Waals surface area (Å²) in [6.45, 7) is 0.135. The van der Waals surface area contributed by atoms with E-state index in [1.165, 1.54) is 19.2 Å². The topological polar surface area (TPSA) is 94.3 Å². The lowest BCUT2D eigenvalue weighted by Gasteiger charge is -2.09. The maximum Gasteiger partial charge on any atom is 0.241 e. The summed E-state index contributed by atoms with van der Waals surface area (Å²) in [5.41, 5.74) is 6.81. The first kappa shape index (κ1) is 15.7. The molecule has 0 unspecified atom stereocenters. The predicted octanol–water partition coefficient (Wildman–Crippen LogP) is 1.91. The SMILES string of the molecule is COc1ccc(CNS(=O)(=O)c2ccc(N)cc2Br)cn1. The minimum atomic E-state index is -3.63. The van der Waals surface area contributed by atoms with Gasteiger partial charge in [0, 0.05) is 29.0 Å². The van der Waals surface area contributed by atoms with Crippen LogP contribution in [0.5, 0.6) is 5.88 Å². The molecule has 0 saturated carbocycles. The van der Waals surface area contributed by atoms with Gasteiger partial charge >= 0.3 is 0 Å². The number of halogens is 1. The molecule has 0 amide bonds. The number of nitrogens with zero attached hydrogens (tertiary/aromatic N) is 1. The number of nitrogens with one attached hydrogen (secondary N) is 1. The number of rotatable bonds is 5. The summed E-state index contributed by atoms with van der Waals surface area (Å²) in [6, 6.07) is 7.95. The molecule has 6 nitrogen and oxygen atoms in total. The highest BCUT2D eigenvalue weighted by molar-refractivity contribution is 9.10. The zero-order valence-corrected chi connectivity index (χ0v) is 13.6. The lowest BCUT2D eigenvalue weighted by Crippen LogP contribution is -2.23. The summed E-state index contributed by atoms with van der Waals surface area (Å²) >= 11 is 3.20. The second-order valence-corrected chi connectivity index (χ2v) is 6.81. The van der Waals surface area contributed by atoms with E-state index in [1.54, 1.807) is 24.4 Å². The van der Waals surface area contributed by atoms with Gasteiger partial charge in [0.25, 0.3) is 0 Å². The van der Waals surface area contributed by atoms with Crippen molar-refractivity contribution < 1.29 is 13.2 Å². The molecule has 0 saturated heterocycles. The summed E-state index contributed by atoms with van der Waals surface area (Å²) in [6.07, 6.45) is 1.55. The Balaban J connectivity index is 2.13. The predicted molar refractivity (Wildman–Crippen MR) is 83.4 cm³/mol. The zero-order chi connectivity index (χ0) is 15.5. The Kier molecular flexibility index (Phi) is 4.81. The molecule has 1 aromatic carbocycles. The highest BCUT2D eigenvalue weighted by Gasteiger charge is 2.17. The van der Waals surface area contributed by atoms with Crippen LogP contribution in [0, 0.1) is 0 Å². The molecule has 0 aliphatic rings. The first-order chi connectivity index (χ1) is 9.92. The molecule has 0 fully saturated rings. The fourth-order valence-corrected chi connectivity index (χ4v) is 3.74. The van der Waals surface area contributed by atoms with Crippen LogP contribution in [0.2, 0.25) is 0 Å². The minimum absolute atomic E-state index is 0.135. The van der Waals surface area contributed by atoms with E-state index in [4.69, 9.17) is 10.5 Å². The smallest absolute Gasteiger partial charge is 0.241 e. The average Bonchev–Trinajstić information content (AvgIpc) is 2.45. The van der Waals surface area contributed by atoms with Gasteiger partial charge in [0.2, 0.25) is 15.9 Å². The molecule has 8 heteroatoms. The van der Waals surface area contributed by atoms with E-state index < -0.39 is 10.0 Å². The number of nitrogen functional groups attached to an aromatic ring is 1. The first-order valence-corrected chi connectivity index (χ1v) is 8.23. The summed E-state index contributed by atoms with van der Waals surface area (Å²) in [4.78, 5) is 4.15. The number of benzene rings is 1. The molecule has 2 rings (SSSR count). The van der Waals surface area contributed by atoms with Gasteiger partial charge in [0.05, 0.1) is 12.0 Å². The lowest BCUT2D eigenvalue weighted by atomic mass is 10.3. The highest BCUT2D eigenvalue weighted by atomic mass is 79.9. The van der Waals surface area contributed by atoms with Gasteiger partial charge in [-0.3, -0.25) is 0 Å².